The number of rotatable bonds is 2. The Balaban J connectivity index is 2.02. The highest BCUT2D eigenvalue weighted by Gasteiger charge is 2.24. The molecule has 0 atom stereocenters. The van der Waals surface area contributed by atoms with Gasteiger partial charge in [0, 0.05) is 27.6 Å². The smallest absolute Gasteiger partial charge is 0.254 e. The normalized spacial score (nSPS) is 13.2. The Hall–Kier alpha value is -1.94. The number of hydrogen-bond donors (Lipinski definition) is 2. The van der Waals surface area contributed by atoms with Crippen LogP contribution in [0, 0.1) is 0 Å². The van der Waals surface area contributed by atoms with Crippen LogP contribution in [-0.2, 0) is 6.54 Å². The molecule has 3 N–H and O–H groups in total. The standard InChI is InChI=1S/C14H12N2OS/c15-11-6-7-12(10-8-16-14(17)13(10)11)18-9-4-2-1-3-5-9/h1-7H,8,15H2,(H,16,17). The lowest BCUT2D eigenvalue weighted by molar-refractivity contribution is 0.0966. The molecule has 2 aromatic carbocycles. The van der Waals surface area contributed by atoms with Crippen molar-refractivity contribution in [2.45, 2.75) is 16.3 Å². The zero-order valence-corrected chi connectivity index (χ0v) is 10.5. The lowest BCUT2D eigenvalue weighted by Crippen LogP contribution is -2.13. The van der Waals surface area contributed by atoms with Gasteiger partial charge in [-0.1, -0.05) is 30.0 Å². The molecule has 1 aliphatic rings. The summed E-state index contributed by atoms with van der Waals surface area (Å²) in [6, 6.07) is 13.9. The molecule has 1 aliphatic heterocycles. The predicted octanol–water partition coefficient (Wildman–Crippen LogP) is 2.66. The fraction of sp³-hybridized carbons (Fsp3) is 0.0714. The average Bonchev–Trinajstić information content (AvgIpc) is 2.78. The van der Waals surface area contributed by atoms with Crippen LogP contribution in [0.1, 0.15) is 15.9 Å². The van der Waals surface area contributed by atoms with E-state index in [1.807, 2.05) is 24.3 Å². The highest BCUT2D eigenvalue weighted by molar-refractivity contribution is 7.99. The first-order valence-corrected chi connectivity index (χ1v) is 6.50. The second-order valence-electron chi connectivity index (χ2n) is 4.10. The van der Waals surface area contributed by atoms with Crippen molar-refractivity contribution in [3.8, 4) is 0 Å². The van der Waals surface area contributed by atoms with Crippen LogP contribution in [-0.4, -0.2) is 5.91 Å². The van der Waals surface area contributed by atoms with Crippen LogP contribution in [0.15, 0.2) is 52.3 Å². The highest BCUT2D eigenvalue weighted by atomic mass is 32.2. The molecule has 18 heavy (non-hydrogen) atoms. The Kier molecular flexibility index (Phi) is 2.72. The van der Waals surface area contributed by atoms with Crippen LogP contribution in [0.3, 0.4) is 0 Å². The molecule has 3 rings (SSSR count). The summed E-state index contributed by atoms with van der Waals surface area (Å²) < 4.78 is 0. The summed E-state index contributed by atoms with van der Waals surface area (Å²) in [5.41, 5.74) is 8.05. The first kappa shape index (κ1) is 11.2. The average molecular weight is 256 g/mol. The SMILES string of the molecule is Nc1ccc(Sc2ccccc2)c2c1C(=O)NC2. The maximum Gasteiger partial charge on any atom is 0.254 e. The molecule has 4 heteroatoms. The minimum Gasteiger partial charge on any atom is -0.398 e. The van der Waals surface area contributed by atoms with E-state index in [-0.39, 0.29) is 5.91 Å². The van der Waals surface area contributed by atoms with Gasteiger partial charge in [0.05, 0.1) is 5.56 Å². The zero-order valence-electron chi connectivity index (χ0n) is 9.64. The Labute approximate surface area is 109 Å². The molecule has 3 nitrogen and oxygen atoms in total. The molecule has 0 fully saturated rings. The Morgan fingerprint density at radius 2 is 1.89 bits per heavy atom. The van der Waals surface area contributed by atoms with E-state index in [4.69, 9.17) is 5.73 Å². The van der Waals surface area contributed by atoms with Gasteiger partial charge in [-0.15, -0.1) is 0 Å². The number of fused-ring (bicyclic) bond motifs is 1. The quantitative estimate of drug-likeness (QED) is 0.812. The monoisotopic (exact) mass is 256 g/mol. The van der Waals surface area contributed by atoms with Crippen LogP contribution in [0.25, 0.3) is 0 Å². The molecule has 0 spiro atoms. The van der Waals surface area contributed by atoms with Gasteiger partial charge in [0.15, 0.2) is 0 Å². The second kappa shape index (κ2) is 4.38. The summed E-state index contributed by atoms with van der Waals surface area (Å²) >= 11 is 1.66. The first-order valence-electron chi connectivity index (χ1n) is 5.68. The van der Waals surface area contributed by atoms with E-state index in [0.717, 1.165) is 15.4 Å². The van der Waals surface area contributed by atoms with Crippen LogP contribution in [0.2, 0.25) is 0 Å². The third-order valence-corrected chi connectivity index (χ3v) is 4.04. The van der Waals surface area contributed by atoms with Crippen LogP contribution >= 0.6 is 11.8 Å². The molecule has 0 aromatic heterocycles. The molecular weight excluding hydrogens is 244 g/mol. The largest absolute Gasteiger partial charge is 0.398 e. The number of carbonyl (C=O) groups is 1. The Morgan fingerprint density at radius 1 is 1.11 bits per heavy atom. The van der Waals surface area contributed by atoms with Gasteiger partial charge in [-0.3, -0.25) is 4.79 Å². The van der Waals surface area contributed by atoms with E-state index in [0.29, 0.717) is 17.8 Å². The minimum absolute atomic E-state index is 0.0713. The number of benzene rings is 2. The maximum atomic E-state index is 11.7. The van der Waals surface area contributed by atoms with Gasteiger partial charge in [0.1, 0.15) is 0 Å². The fourth-order valence-corrected chi connectivity index (χ4v) is 3.04. The minimum atomic E-state index is -0.0713. The van der Waals surface area contributed by atoms with Crippen molar-refractivity contribution in [2.75, 3.05) is 5.73 Å². The van der Waals surface area contributed by atoms with E-state index in [1.165, 1.54) is 0 Å². The second-order valence-corrected chi connectivity index (χ2v) is 5.22. The van der Waals surface area contributed by atoms with E-state index in [9.17, 15) is 4.79 Å². The van der Waals surface area contributed by atoms with Crippen molar-refractivity contribution in [1.82, 2.24) is 5.32 Å². The summed E-state index contributed by atoms with van der Waals surface area (Å²) in [6.07, 6.45) is 0. The van der Waals surface area contributed by atoms with Gasteiger partial charge >= 0.3 is 0 Å². The predicted molar refractivity (Wildman–Crippen MR) is 72.6 cm³/mol. The van der Waals surface area contributed by atoms with Gasteiger partial charge in [-0.05, 0) is 24.3 Å². The van der Waals surface area contributed by atoms with Crippen LogP contribution < -0.4 is 11.1 Å². The molecule has 1 heterocycles. The Morgan fingerprint density at radius 3 is 2.67 bits per heavy atom. The molecule has 0 aliphatic carbocycles. The number of nitrogen functional groups attached to an aromatic ring is 1. The zero-order chi connectivity index (χ0) is 12.5. The lowest BCUT2D eigenvalue weighted by atomic mass is 10.1. The first-order chi connectivity index (χ1) is 8.75. The van der Waals surface area contributed by atoms with Gasteiger partial charge in [-0.2, -0.15) is 0 Å². The fourth-order valence-electron chi connectivity index (χ4n) is 2.06. The molecule has 0 radical (unpaired) electrons. The number of carbonyl (C=O) groups excluding carboxylic acids is 1. The van der Waals surface area contributed by atoms with E-state index in [2.05, 4.69) is 17.4 Å². The highest BCUT2D eigenvalue weighted by Crippen LogP contribution is 2.35. The molecule has 0 bridgehead atoms. The molecule has 90 valence electrons. The number of amides is 1. The molecular formula is C14H12N2OS. The summed E-state index contributed by atoms with van der Waals surface area (Å²) in [7, 11) is 0. The molecule has 0 saturated heterocycles. The van der Waals surface area contributed by atoms with Gasteiger partial charge in [-0.25, -0.2) is 0 Å². The third-order valence-electron chi connectivity index (χ3n) is 2.93. The Bertz CT molecular complexity index is 611. The topological polar surface area (TPSA) is 55.1 Å². The van der Waals surface area contributed by atoms with Crippen LogP contribution in [0.5, 0.6) is 0 Å². The molecule has 2 aromatic rings. The molecule has 1 amide bonds. The summed E-state index contributed by atoms with van der Waals surface area (Å²) in [4.78, 5) is 13.9. The van der Waals surface area contributed by atoms with Gasteiger partial charge in [0.2, 0.25) is 0 Å². The van der Waals surface area contributed by atoms with Crippen molar-refractivity contribution < 1.29 is 4.79 Å². The van der Waals surface area contributed by atoms with Crippen molar-refractivity contribution in [3.05, 3.63) is 53.6 Å². The molecule has 0 saturated carbocycles. The summed E-state index contributed by atoms with van der Waals surface area (Å²) in [6.45, 7) is 0.564. The summed E-state index contributed by atoms with van der Waals surface area (Å²) in [5, 5.41) is 2.82. The number of nitrogens with one attached hydrogen (secondary N) is 1. The summed E-state index contributed by atoms with van der Waals surface area (Å²) in [5.74, 6) is -0.0713. The molecule has 0 unspecified atom stereocenters. The lowest BCUT2D eigenvalue weighted by Gasteiger charge is -2.08. The number of hydrogen-bond acceptors (Lipinski definition) is 3. The maximum absolute atomic E-state index is 11.7. The van der Waals surface area contributed by atoms with Crippen molar-refractivity contribution in [3.63, 3.8) is 0 Å². The van der Waals surface area contributed by atoms with Crippen molar-refractivity contribution in [2.24, 2.45) is 0 Å². The van der Waals surface area contributed by atoms with Gasteiger partial charge in [0.25, 0.3) is 5.91 Å². The van der Waals surface area contributed by atoms with Crippen molar-refractivity contribution in [1.29, 1.82) is 0 Å². The number of anilines is 1. The van der Waals surface area contributed by atoms with E-state index < -0.39 is 0 Å². The third kappa shape index (κ3) is 1.84. The van der Waals surface area contributed by atoms with E-state index in [1.54, 1.807) is 17.8 Å². The van der Waals surface area contributed by atoms with Gasteiger partial charge < -0.3 is 11.1 Å². The van der Waals surface area contributed by atoms with E-state index >= 15 is 0 Å². The van der Waals surface area contributed by atoms with Crippen LogP contribution in [0.4, 0.5) is 5.69 Å². The van der Waals surface area contributed by atoms with Crippen molar-refractivity contribution >= 4 is 23.4 Å². The number of nitrogens with two attached hydrogens (primary N) is 1.